The molecular formula is C49H63F2N5O10. The second-order valence-electron chi connectivity index (χ2n) is 18.9. The van der Waals surface area contributed by atoms with E-state index in [0.717, 1.165) is 24.3 Å². The molecular weight excluding hydrogens is 857 g/mol. The minimum Gasteiger partial charge on any atom is -0.461 e. The first-order chi connectivity index (χ1) is 32.4. The van der Waals surface area contributed by atoms with Crippen LogP contribution in [-0.2, 0) is 55.7 Å². The normalized spacial score (nSPS) is 21.1. The molecule has 6 rings (SSSR count). The molecule has 2 saturated heterocycles. The molecule has 66 heavy (non-hydrogen) atoms. The van der Waals surface area contributed by atoms with Crippen LogP contribution in [0.3, 0.4) is 0 Å². The van der Waals surface area contributed by atoms with Crippen LogP contribution in [0.1, 0.15) is 118 Å². The van der Waals surface area contributed by atoms with Crippen molar-refractivity contribution in [1.29, 1.82) is 0 Å². The van der Waals surface area contributed by atoms with E-state index in [-0.39, 0.29) is 89.5 Å². The number of nitrogens with one attached hydrogen (secondary N) is 3. The van der Waals surface area contributed by atoms with Gasteiger partial charge in [0.15, 0.2) is 0 Å². The van der Waals surface area contributed by atoms with Crippen molar-refractivity contribution in [3.63, 3.8) is 0 Å². The van der Waals surface area contributed by atoms with Crippen LogP contribution in [0.15, 0.2) is 36.4 Å². The van der Waals surface area contributed by atoms with Crippen molar-refractivity contribution in [3.05, 3.63) is 59.2 Å². The van der Waals surface area contributed by atoms with Crippen molar-refractivity contribution in [3.8, 4) is 11.4 Å². The molecule has 15 nitrogen and oxygen atoms in total. The van der Waals surface area contributed by atoms with E-state index in [1.807, 2.05) is 0 Å². The van der Waals surface area contributed by atoms with Gasteiger partial charge in [0.1, 0.15) is 41.1 Å². The van der Waals surface area contributed by atoms with Crippen LogP contribution >= 0.6 is 0 Å². The largest absolute Gasteiger partial charge is 0.461 e. The lowest BCUT2D eigenvalue weighted by molar-refractivity contribution is -0.158. The highest BCUT2D eigenvalue weighted by Crippen LogP contribution is 2.40. The van der Waals surface area contributed by atoms with Crippen molar-refractivity contribution in [2.45, 2.75) is 156 Å². The number of halogens is 2. The van der Waals surface area contributed by atoms with Crippen LogP contribution in [0, 0.1) is 17.6 Å². The summed E-state index contributed by atoms with van der Waals surface area (Å²) in [5.41, 5.74) is -2.20. The number of hydrogen-bond acceptors (Lipinski definition) is 10. The maximum Gasteiger partial charge on any atom is 0.408 e. The number of H-pyrrole nitrogens is 2. The van der Waals surface area contributed by atoms with Gasteiger partial charge in [-0.15, -0.1) is 0 Å². The van der Waals surface area contributed by atoms with E-state index in [4.69, 9.17) is 18.9 Å². The number of aromatic nitrogens is 2. The third-order valence-corrected chi connectivity index (χ3v) is 11.2. The molecule has 0 aliphatic carbocycles. The molecule has 2 aromatic carbocycles. The van der Waals surface area contributed by atoms with Crippen LogP contribution < -0.4 is 5.32 Å². The van der Waals surface area contributed by atoms with Gasteiger partial charge in [0.2, 0.25) is 11.8 Å². The lowest BCUT2D eigenvalue weighted by Crippen LogP contribution is -2.51. The third kappa shape index (κ3) is 11.9. The first kappa shape index (κ1) is 43.9. The Kier molecular flexibility index (Phi) is 13.2. The Morgan fingerprint density at radius 2 is 1.18 bits per heavy atom. The van der Waals surface area contributed by atoms with Gasteiger partial charge in [0, 0.05) is 72.0 Å². The van der Waals surface area contributed by atoms with Crippen molar-refractivity contribution >= 4 is 57.6 Å². The number of aromatic amines is 2. The summed E-state index contributed by atoms with van der Waals surface area (Å²) in [7, 11) is 0. The van der Waals surface area contributed by atoms with Crippen LogP contribution in [0.4, 0.5) is 13.6 Å². The summed E-state index contributed by atoms with van der Waals surface area (Å²) in [4.78, 5) is 88.5. The minimum atomic E-state index is -2.67. The predicted octanol–water partition coefficient (Wildman–Crippen LogP) is 7.81. The monoisotopic (exact) mass is 923 g/mol. The highest BCUT2D eigenvalue weighted by molar-refractivity contribution is 5.96. The summed E-state index contributed by atoms with van der Waals surface area (Å²) in [6, 6.07) is 3.05. The second kappa shape index (κ2) is 19.8. The van der Waals surface area contributed by atoms with Crippen molar-refractivity contribution in [1.82, 2.24) is 25.1 Å². The predicted molar refractivity (Wildman–Crippen MR) is 242 cm³/mol. The summed E-state index contributed by atoms with van der Waals surface area (Å²) in [5.74, 6) is -5.72. The molecule has 3 amide bonds. The summed E-state index contributed by atoms with van der Waals surface area (Å²) < 4.78 is 92.8. The number of alkyl carbamates (subject to hydrolysis) is 1. The first-order valence-corrected chi connectivity index (χ1v) is 22.3. The molecule has 2 aliphatic rings. The Morgan fingerprint density at radius 1 is 0.727 bits per heavy atom. The average molecular weight is 924 g/mol. The Bertz CT molecular complexity index is 2500. The van der Waals surface area contributed by atoms with Crippen LogP contribution in [0.25, 0.3) is 33.2 Å². The number of carbonyl (C=O) groups excluding carboxylic acids is 6. The van der Waals surface area contributed by atoms with E-state index in [2.05, 4.69) is 15.3 Å². The van der Waals surface area contributed by atoms with Gasteiger partial charge in [-0.3, -0.25) is 24.0 Å². The zero-order chi connectivity index (χ0) is 52.0. The van der Waals surface area contributed by atoms with Gasteiger partial charge in [-0.25, -0.2) is 13.6 Å². The van der Waals surface area contributed by atoms with E-state index >= 15 is 8.78 Å². The molecule has 17 heteroatoms. The summed E-state index contributed by atoms with van der Waals surface area (Å²) in [5, 5.41) is 2.83. The molecule has 3 N–H and O–H groups in total. The number of benzene rings is 2. The highest BCUT2D eigenvalue weighted by Gasteiger charge is 2.43. The number of esters is 3. The fourth-order valence-electron chi connectivity index (χ4n) is 8.56. The molecule has 4 heterocycles. The lowest BCUT2D eigenvalue weighted by atomic mass is 9.94. The van der Waals surface area contributed by atoms with Crippen molar-refractivity contribution in [2.24, 2.45) is 5.92 Å². The Hall–Kier alpha value is -6.00. The Balaban J connectivity index is 1.54. The molecule has 2 aromatic heterocycles. The highest BCUT2D eigenvalue weighted by atomic mass is 19.1. The summed E-state index contributed by atoms with van der Waals surface area (Å²) in [6.45, 7) is 15.2. The summed E-state index contributed by atoms with van der Waals surface area (Å²) >= 11 is 0. The zero-order valence-corrected chi connectivity index (χ0v) is 39.1. The molecule has 2 aliphatic heterocycles. The SMILES string of the molecule is [2H]C([2H])(c1c(-c2[nH]c3cc(F)ccc3c2C([2H])([2H])[C@@H]2C[C@H](OC(C)=O)CN2C(=O)[C@H](CC)NC(=O)OC(C)(C)C)[nH]c2cc(F)ccc12)[C@@H]1C[C@H](OC(C)=O)CN1C(=O)[C@H](CC)CC(=O)OC(C)(C)C. The molecule has 2 fully saturated rings. The lowest BCUT2D eigenvalue weighted by Gasteiger charge is -2.30. The molecule has 0 bridgehead atoms. The third-order valence-electron chi connectivity index (χ3n) is 11.2. The summed E-state index contributed by atoms with van der Waals surface area (Å²) in [6.07, 6.45) is -8.76. The fraction of sp³-hybridized carbons (Fsp3) is 0.551. The van der Waals surface area contributed by atoms with Crippen molar-refractivity contribution in [2.75, 3.05) is 13.1 Å². The van der Waals surface area contributed by atoms with E-state index < -0.39 is 108 Å². The standard InChI is InChI=1S/C49H63F2N5O10/c1-11-28(17-42(59)65-48(5,6)7)45(60)55-24-33(63-26(3)57)20-31(55)22-37-35-15-13-29(50)18-40(35)52-43(37)44-38(36-16-14-30(51)19-41(36)53-44)23-32-21-34(64-27(4)58)25-56(32)46(61)39(12-2)54-47(62)66-49(8,9)10/h13-16,18-19,28,31-34,39,52-53H,11-12,17,20-25H2,1-10H3,(H,54,62)/t28-,31+,32+,33+,34+,39+/m1/s1/i22D2,23D2. The number of hydrogen-bond donors (Lipinski definition) is 3. The van der Waals surface area contributed by atoms with Crippen LogP contribution in [0.2, 0.25) is 0 Å². The smallest absolute Gasteiger partial charge is 0.408 e. The first-order valence-electron chi connectivity index (χ1n) is 24.3. The average Bonchev–Trinajstić information content (AvgIpc) is 4.02. The number of carbonyl (C=O) groups is 6. The molecule has 0 unspecified atom stereocenters. The fourth-order valence-corrected chi connectivity index (χ4v) is 8.56. The van der Waals surface area contributed by atoms with Crippen LogP contribution in [-0.4, -0.2) is 110 Å². The van der Waals surface area contributed by atoms with Crippen molar-refractivity contribution < 1.29 is 62.0 Å². The zero-order valence-electron chi connectivity index (χ0n) is 43.1. The van der Waals surface area contributed by atoms with E-state index in [0.29, 0.717) is 0 Å². The second-order valence-corrected chi connectivity index (χ2v) is 18.9. The maximum absolute atomic E-state index is 15.2. The Labute approximate surface area is 389 Å². The maximum atomic E-state index is 15.2. The number of likely N-dealkylation sites (tertiary alicyclic amines) is 2. The van der Waals surface area contributed by atoms with Gasteiger partial charge >= 0.3 is 24.0 Å². The molecule has 0 spiro atoms. The topological polar surface area (TPSA) is 189 Å². The minimum absolute atomic E-state index is 0.0587. The van der Waals surface area contributed by atoms with E-state index in [9.17, 15) is 34.3 Å². The number of ether oxygens (including phenoxy) is 4. The van der Waals surface area contributed by atoms with Gasteiger partial charge in [-0.05, 0) is 115 Å². The van der Waals surface area contributed by atoms with Gasteiger partial charge < -0.3 is 44.0 Å². The number of rotatable bonds is 14. The van der Waals surface area contributed by atoms with Gasteiger partial charge in [0.05, 0.1) is 30.9 Å². The van der Waals surface area contributed by atoms with Crippen LogP contribution in [0.5, 0.6) is 0 Å². The molecule has 358 valence electrons. The van der Waals surface area contributed by atoms with E-state index in [1.165, 1.54) is 35.8 Å². The molecule has 0 saturated carbocycles. The number of fused-ring (bicyclic) bond motifs is 2. The van der Waals surface area contributed by atoms with Gasteiger partial charge in [-0.2, -0.15) is 0 Å². The van der Waals surface area contributed by atoms with Gasteiger partial charge in [-0.1, -0.05) is 13.8 Å². The number of amides is 3. The molecule has 6 atom stereocenters. The Morgan fingerprint density at radius 3 is 1.59 bits per heavy atom. The van der Waals surface area contributed by atoms with Gasteiger partial charge in [0.25, 0.3) is 0 Å². The quantitative estimate of drug-likeness (QED) is 0.0831. The number of nitrogens with zero attached hydrogens (tertiary/aromatic N) is 2. The molecule has 0 radical (unpaired) electrons. The molecule has 4 aromatic rings. The van der Waals surface area contributed by atoms with E-state index in [1.54, 1.807) is 55.4 Å².